The van der Waals surface area contributed by atoms with E-state index in [1.807, 2.05) is 6.92 Å². The highest BCUT2D eigenvalue weighted by Gasteiger charge is 2.74. The van der Waals surface area contributed by atoms with Gasteiger partial charge in [-0.05, 0) is 32.3 Å². The second-order valence-electron chi connectivity index (χ2n) is 6.64. The number of ether oxygens (including phenoxy) is 3. The molecule has 0 amide bonds. The molecule has 106 valence electrons. The first-order valence-corrected chi connectivity index (χ1v) is 7.17. The van der Waals surface area contributed by atoms with E-state index >= 15 is 0 Å². The van der Waals surface area contributed by atoms with E-state index in [1.165, 1.54) is 0 Å². The summed E-state index contributed by atoms with van der Waals surface area (Å²) in [6, 6.07) is 0. The first-order valence-electron chi connectivity index (χ1n) is 7.17. The number of hydrogen-bond donors (Lipinski definition) is 0. The monoisotopic (exact) mass is 276 g/mol. The Morgan fingerprint density at radius 1 is 1.35 bits per heavy atom. The van der Waals surface area contributed by atoms with Gasteiger partial charge in [0.2, 0.25) is 0 Å². The average molecular weight is 276 g/mol. The molecular weight excluding hydrogens is 260 g/mol. The van der Waals surface area contributed by atoms with Gasteiger partial charge in [-0.3, -0.25) is 0 Å². The summed E-state index contributed by atoms with van der Waals surface area (Å²) in [5, 5.41) is 0. The van der Waals surface area contributed by atoms with Crippen LogP contribution in [0.1, 0.15) is 42.8 Å². The van der Waals surface area contributed by atoms with Crippen molar-refractivity contribution in [2.45, 2.75) is 62.6 Å². The van der Waals surface area contributed by atoms with Crippen LogP contribution < -0.4 is 0 Å². The fraction of sp³-hybridized carbons (Fsp3) is 0.667. The molecule has 1 aromatic rings. The highest BCUT2D eigenvalue weighted by Crippen LogP contribution is 2.59. The third-order valence-corrected chi connectivity index (χ3v) is 5.31. The van der Waals surface area contributed by atoms with Crippen molar-refractivity contribution in [1.29, 1.82) is 0 Å². The minimum atomic E-state index is -0.712. The van der Waals surface area contributed by atoms with Crippen molar-refractivity contribution < 1.29 is 23.4 Å². The topological polar surface area (TPSA) is 64.5 Å². The normalized spacial score (nSPS) is 47.9. The van der Waals surface area contributed by atoms with Crippen LogP contribution >= 0.6 is 0 Å². The predicted octanol–water partition coefficient (Wildman–Crippen LogP) is 1.82. The molecule has 2 bridgehead atoms. The van der Waals surface area contributed by atoms with Gasteiger partial charge in [-0.2, -0.15) is 0 Å². The zero-order chi connectivity index (χ0) is 13.7. The van der Waals surface area contributed by atoms with Crippen LogP contribution in [0.2, 0.25) is 0 Å². The van der Waals surface area contributed by atoms with Crippen LogP contribution in [-0.4, -0.2) is 29.4 Å². The fourth-order valence-corrected chi connectivity index (χ4v) is 3.95. The van der Waals surface area contributed by atoms with Gasteiger partial charge in [0.25, 0.3) is 0 Å². The average Bonchev–Trinajstić information content (AvgIpc) is 3.21. The third-order valence-electron chi connectivity index (χ3n) is 5.31. The van der Waals surface area contributed by atoms with Gasteiger partial charge in [0.15, 0.2) is 11.7 Å². The van der Waals surface area contributed by atoms with Crippen LogP contribution in [0.4, 0.5) is 0 Å². The zero-order valence-corrected chi connectivity index (χ0v) is 11.5. The number of aryl methyl sites for hydroxylation is 1. The standard InChI is InChI=1S/C15H16O5/c1-7-6-17-8-5-14(2)9(19-14)3-4-15-12(20-15)11(10(7)8)18-13(15)16/h6,9,11-12H,3-5H2,1-2H3/t9-,11+,12+,14+,15+/m1/s1. The first-order chi connectivity index (χ1) is 9.53. The minimum Gasteiger partial charge on any atom is -0.469 e. The van der Waals surface area contributed by atoms with Crippen LogP contribution in [0.15, 0.2) is 10.7 Å². The number of carbonyl (C=O) groups excluding carboxylic acids is 1. The van der Waals surface area contributed by atoms with Crippen molar-refractivity contribution in [3.8, 4) is 0 Å². The van der Waals surface area contributed by atoms with E-state index in [0.29, 0.717) is 6.42 Å². The molecule has 5 rings (SSSR count). The van der Waals surface area contributed by atoms with E-state index in [1.54, 1.807) is 6.26 Å². The van der Waals surface area contributed by atoms with E-state index < -0.39 is 5.60 Å². The number of rotatable bonds is 0. The van der Waals surface area contributed by atoms with Gasteiger partial charge in [0.1, 0.15) is 11.9 Å². The summed E-state index contributed by atoms with van der Waals surface area (Å²) in [5.41, 5.74) is 1.13. The summed E-state index contributed by atoms with van der Waals surface area (Å²) in [5.74, 6) is 0.654. The second kappa shape index (κ2) is 3.12. The Morgan fingerprint density at radius 2 is 2.20 bits per heavy atom. The van der Waals surface area contributed by atoms with Gasteiger partial charge in [0, 0.05) is 12.0 Å². The van der Waals surface area contributed by atoms with Crippen LogP contribution in [0.3, 0.4) is 0 Å². The maximum Gasteiger partial charge on any atom is 0.342 e. The van der Waals surface area contributed by atoms with Gasteiger partial charge in [0.05, 0.1) is 18.0 Å². The largest absolute Gasteiger partial charge is 0.469 e. The molecule has 5 atom stereocenters. The lowest BCUT2D eigenvalue weighted by Crippen LogP contribution is -2.24. The van der Waals surface area contributed by atoms with Crippen LogP contribution in [0, 0.1) is 6.92 Å². The lowest BCUT2D eigenvalue weighted by atomic mass is 9.88. The minimum absolute atomic E-state index is 0.145. The van der Waals surface area contributed by atoms with Gasteiger partial charge in [-0.15, -0.1) is 0 Å². The Labute approximate surface area is 116 Å². The molecule has 0 saturated carbocycles. The van der Waals surface area contributed by atoms with Crippen LogP contribution in [0.5, 0.6) is 0 Å². The Bertz CT molecular complexity index is 634. The van der Waals surface area contributed by atoms with E-state index in [2.05, 4.69) is 6.92 Å². The molecule has 0 unspecified atom stereocenters. The Kier molecular flexibility index (Phi) is 1.77. The maximum absolute atomic E-state index is 12.2. The van der Waals surface area contributed by atoms with Crippen molar-refractivity contribution in [3.63, 3.8) is 0 Å². The van der Waals surface area contributed by atoms with Crippen molar-refractivity contribution in [3.05, 3.63) is 23.2 Å². The highest BCUT2D eigenvalue weighted by atomic mass is 16.7. The van der Waals surface area contributed by atoms with E-state index in [0.717, 1.165) is 29.7 Å². The molecule has 1 aromatic heterocycles. The molecule has 5 heteroatoms. The summed E-state index contributed by atoms with van der Waals surface area (Å²) >= 11 is 0. The van der Waals surface area contributed by atoms with E-state index in [9.17, 15) is 4.79 Å². The summed E-state index contributed by atoms with van der Waals surface area (Å²) in [4.78, 5) is 12.2. The van der Waals surface area contributed by atoms with Crippen molar-refractivity contribution in [1.82, 2.24) is 0 Å². The Morgan fingerprint density at radius 3 is 3.00 bits per heavy atom. The second-order valence-corrected chi connectivity index (χ2v) is 6.64. The summed E-state index contributed by atoms with van der Waals surface area (Å²) in [7, 11) is 0. The number of hydrogen-bond acceptors (Lipinski definition) is 5. The summed E-state index contributed by atoms with van der Waals surface area (Å²) < 4.78 is 22.9. The molecule has 4 heterocycles. The van der Waals surface area contributed by atoms with E-state index in [-0.39, 0.29) is 29.9 Å². The van der Waals surface area contributed by atoms with Gasteiger partial charge >= 0.3 is 5.97 Å². The summed E-state index contributed by atoms with van der Waals surface area (Å²) in [6.45, 7) is 4.09. The molecule has 20 heavy (non-hydrogen) atoms. The lowest BCUT2D eigenvalue weighted by molar-refractivity contribution is -0.154. The number of furan rings is 1. The Balaban J connectivity index is 1.65. The molecule has 0 radical (unpaired) electrons. The third kappa shape index (κ3) is 1.19. The molecule has 3 fully saturated rings. The molecule has 0 N–H and O–H groups in total. The van der Waals surface area contributed by atoms with Gasteiger partial charge in [-0.25, -0.2) is 4.79 Å². The molecule has 4 aliphatic rings. The lowest BCUT2D eigenvalue weighted by Gasteiger charge is -2.14. The molecule has 5 nitrogen and oxygen atoms in total. The van der Waals surface area contributed by atoms with Gasteiger partial charge < -0.3 is 18.6 Å². The van der Waals surface area contributed by atoms with Gasteiger partial charge in [-0.1, -0.05) is 0 Å². The number of esters is 1. The molecule has 0 spiro atoms. The first kappa shape index (κ1) is 11.3. The SMILES string of the molecule is Cc1coc2c1[C@@H]1OC(=O)[C@@]3(CC[C@H]4O[C@@]4(C)C2)O[C@@H]13. The highest BCUT2D eigenvalue weighted by molar-refractivity contribution is 5.87. The fourth-order valence-electron chi connectivity index (χ4n) is 3.95. The maximum atomic E-state index is 12.2. The van der Waals surface area contributed by atoms with E-state index in [4.69, 9.17) is 18.6 Å². The quantitative estimate of drug-likeness (QED) is 0.534. The zero-order valence-electron chi connectivity index (χ0n) is 11.5. The molecule has 0 aromatic carbocycles. The Hall–Kier alpha value is -1.33. The molecule has 3 saturated heterocycles. The number of fused-ring (bicyclic) bond motifs is 3. The van der Waals surface area contributed by atoms with Crippen LogP contribution in [-0.2, 0) is 25.4 Å². The molecule has 3 aliphatic heterocycles. The van der Waals surface area contributed by atoms with Crippen molar-refractivity contribution in [2.75, 3.05) is 0 Å². The predicted molar refractivity (Wildman–Crippen MR) is 66.1 cm³/mol. The van der Waals surface area contributed by atoms with Crippen LogP contribution in [0.25, 0.3) is 0 Å². The molecular formula is C15H16O5. The molecule has 1 aliphatic carbocycles. The number of carbonyl (C=O) groups is 1. The smallest absolute Gasteiger partial charge is 0.342 e. The summed E-state index contributed by atoms with van der Waals surface area (Å²) in [6.07, 6.45) is 3.73. The number of epoxide rings is 2. The van der Waals surface area contributed by atoms with Crippen molar-refractivity contribution in [2.24, 2.45) is 0 Å². The van der Waals surface area contributed by atoms with Crippen molar-refractivity contribution >= 4 is 5.97 Å².